The average molecular weight is 269 g/mol. The van der Waals surface area contributed by atoms with Crippen molar-refractivity contribution in [3.63, 3.8) is 0 Å². The smallest absolute Gasteiger partial charge is 0.239 e. The third-order valence-electron chi connectivity index (χ3n) is 3.74. The number of carbonyl (C=O) groups is 2. The van der Waals surface area contributed by atoms with Crippen LogP contribution >= 0.6 is 0 Å². The quantitative estimate of drug-likeness (QED) is 0.805. The summed E-state index contributed by atoms with van der Waals surface area (Å²) < 4.78 is 0. The van der Waals surface area contributed by atoms with Crippen molar-refractivity contribution in [2.45, 2.75) is 45.6 Å². The van der Waals surface area contributed by atoms with E-state index in [1.165, 1.54) is 12.8 Å². The highest BCUT2D eigenvalue weighted by Crippen LogP contribution is 2.09. The van der Waals surface area contributed by atoms with Crippen LogP contribution in [0.2, 0.25) is 0 Å². The fraction of sp³-hybridized carbons (Fsp3) is 0.857. The molecular weight excluding hydrogens is 242 g/mol. The highest BCUT2D eigenvalue weighted by atomic mass is 16.2. The summed E-state index contributed by atoms with van der Waals surface area (Å²) in [6.45, 7) is 6.40. The van der Waals surface area contributed by atoms with Gasteiger partial charge in [-0.05, 0) is 26.7 Å². The molecule has 0 aromatic heterocycles. The van der Waals surface area contributed by atoms with Crippen molar-refractivity contribution >= 4 is 11.8 Å². The summed E-state index contributed by atoms with van der Waals surface area (Å²) in [5.41, 5.74) is 0. The van der Waals surface area contributed by atoms with Crippen LogP contribution in [0.5, 0.6) is 0 Å². The second kappa shape index (κ2) is 8.15. The van der Waals surface area contributed by atoms with Gasteiger partial charge in [0.2, 0.25) is 11.8 Å². The third-order valence-corrected chi connectivity index (χ3v) is 3.74. The summed E-state index contributed by atoms with van der Waals surface area (Å²) in [4.78, 5) is 27.5. The molecule has 0 bridgehead atoms. The average Bonchev–Trinajstić information content (AvgIpc) is 2.71. The van der Waals surface area contributed by atoms with Crippen molar-refractivity contribution in [1.29, 1.82) is 0 Å². The topological polar surface area (TPSA) is 52.7 Å². The molecule has 2 amide bonds. The number of hydrogen-bond acceptors (Lipinski definition) is 3. The van der Waals surface area contributed by atoms with E-state index in [0.717, 1.165) is 25.9 Å². The predicted octanol–water partition coefficient (Wildman–Crippen LogP) is 0.845. The van der Waals surface area contributed by atoms with E-state index in [9.17, 15) is 9.59 Å². The maximum atomic E-state index is 12.1. The fourth-order valence-electron chi connectivity index (χ4n) is 2.25. The minimum absolute atomic E-state index is 0.0335. The van der Waals surface area contributed by atoms with Crippen LogP contribution in [0.15, 0.2) is 0 Å². The van der Waals surface area contributed by atoms with E-state index in [0.29, 0.717) is 6.54 Å². The van der Waals surface area contributed by atoms with Crippen LogP contribution in [0.25, 0.3) is 0 Å². The van der Waals surface area contributed by atoms with E-state index in [4.69, 9.17) is 0 Å². The van der Waals surface area contributed by atoms with Gasteiger partial charge in [-0.1, -0.05) is 12.8 Å². The highest BCUT2D eigenvalue weighted by Gasteiger charge is 2.19. The van der Waals surface area contributed by atoms with Gasteiger partial charge in [-0.2, -0.15) is 0 Å². The van der Waals surface area contributed by atoms with Crippen molar-refractivity contribution in [3.05, 3.63) is 0 Å². The van der Waals surface area contributed by atoms with Crippen LogP contribution in [0.1, 0.15) is 39.5 Å². The Bertz CT molecular complexity index is 299. The van der Waals surface area contributed by atoms with Crippen LogP contribution in [-0.2, 0) is 9.59 Å². The van der Waals surface area contributed by atoms with Gasteiger partial charge in [0, 0.05) is 26.7 Å². The number of amides is 2. The molecule has 0 radical (unpaired) electrons. The molecule has 1 N–H and O–H groups in total. The zero-order chi connectivity index (χ0) is 14.3. The van der Waals surface area contributed by atoms with Gasteiger partial charge >= 0.3 is 0 Å². The Morgan fingerprint density at radius 3 is 2.32 bits per heavy atom. The maximum Gasteiger partial charge on any atom is 0.239 e. The fourth-order valence-corrected chi connectivity index (χ4v) is 2.25. The molecule has 19 heavy (non-hydrogen) atoms. The van der Waals surface area contributed by atoms with E-state index >= 15 is 0 Å². The minimum Gasteiger partial charge on any atom is -0.345 e. The number of likely N-dealkylation sites (N-methyl/N-ethyl adjacent to an activating group) is 1. The second-order valence-electron chi connectivity index (χ2n) is 5.25. The molecule has 0 spiro atoms. The molecule has 5 nitrogen and oxygen atoms in total. The second-order valence-corrected chi connectivity index (χ2v) is 5.25. The van der Waals surface area contributed by atoms with Gasteiger partial charge in [0.1, 0.15) is 0 Å². The molecule has 5 heteroatoms. The lowest BCUT2D eigenvalue weighted by molar-refractivity contribution is -0.132. The van der Waals surface area contributed by atoms with Gasteiger partial charge in [-0.15, -0.1) is 0 Å². The summed E-state index contributed by atoms with van der Waals surface area (Å²) in [6.07, 6.45) is 4.62. The Hall–Kier alpha value is -1.10. The Morgan fingerprint density at radius 1 is 1.21 bits per heavy atom. The van der Waals surface area contributed by atoms with Crippen molar-refractivity contribution in [2.24, 2.45) is 0 Å². The first-order valence-electron chi connectivity index (χ1n) is 7.32. The van der Waals surface area contributed by atoms with E-state index in [-0.39, 0.29) is 24.4 Å². The largest absolute Gasteiger partial charge is 0.345 e. The first-order valence-corrected chi connectivity index (χ1v) is 7.32. The molecule has 0 aliphatic carbocycles. The van der Waals surface area contributed by atoms with Gasteiger partial charge in [-0.25, -0.2) is 0 Å². The van der Waals surface area contributed by atoms with Crippen LogP contribution in [0, 0.1) is 0 Å². The summed E-state index contributed by atoms with van der Waals surface area (Å²) in [5, 5.41) is 3.03. The molecule has 1 aliphatic heterocycles. The lowest BCUT2D eigenvalue weighted by Gasteiger charge is -2.23. The number of hydrogen-bond donors (Lipinski definition) is 1. The van der Waals surface area contributed by atoms with Crippen molar-refractivity contribution in [3.8, 4) is 0 Å². The number of nitrogens with zero attached hydrogens (tertiary/aromatic N) is 2. The summed E-state index contributed by atoms with van der Waals surface area (Å²) in [6, 6.07) is -0.305. The normalized spacial score (nSPS) is 17.7. The van der Waals surface area contributed by atoms with Crippen molar-refractivity contribution in [1.82, 2.24) is 15.1 Å². The summed E-state index contributed by atoms with van der Waals surface area (Å²) >= 11 is 0. The van der Waals surface area contributed by atoms with Crippen molar-refractivity contribution in [2.75, 3.05) is 33.2 Å². The molecule has 1 rings (SSSR count). The molecule has 0 aromatic carbocycles. The van der Waals surface area contributed by atoms with Gasteiger partial charge in [0.25, 0.3) is 0 Å². The minimum atomic E-state index is -0.305. The standard InChI is InChI=1S/C14H27N3O2/c1-4-16(3)14(19)12(2)15-11-13(18)17-9-7-5-6-8-10-17/h12,15H,4-11H2,1-3H3. The van der Waals surface area contributed by atoms with Crippen LogP contribution in [0.4, 0.5) is 0 Å². The molecule has 1 saturated heterocycles. The van der Waals surface area contributed by atoms with Gasteiger partial charge in [-0.3, -0.25) is 14.9 Å². The van der Waals surface area contributed by atoms with E-state index in [2.05, 4.69) is 5.32 Å². The Kier molecular flexibility index (Phi) is 6.84. The Labute approximate surface area is 116 Å². The first-order chi connectivity index (χ1) is 9.06. The lowest BCUT2D eigenvalue weighted by atomic mass is 10.2. The van der Waals surface area contributed by atoms with Gasteiger partial charge in [0.15, 0.2) is 0 Å². The first kappa shape index (κ1) is 16.0. The Balaban J connectivity index is 2.34. The number of carbonyl (C=O) groups excluding carboxylic acids is 2. The molecule has 1 unspecified atom stereocenters. The maximum absolute atomic E-state index is 12.1. The molecule has 1 aliphatic rings. The predicted molar refractivity (Wildman–Crippen MR) is 75.8 cm³/mol. The van der Waals surface area contributed by atoms with E-state index in [1.807, 2.05) is 18.7 Å². The molecule has 1 heterocycles. The lowest BCUT2D eigenvalue weighted by Crippen LogP contribution is -2.47. The Morgan fingerprint density at radius 2 is 1.79 bits per heavy atom. The zero-order valence-corrected chi connectivity index (χ0v) is 12.4. The highest BCUT2D eigenvalue weighted by molar-refractivity contribution is 5.83. The van der Waals surface area contributed by atoms with Gasteiger partial charge < -0.3 is 9.80 Å². The van der Waals surface area contributed by atoms with Crippen LogP contribution in [0.3, 0.4) is 0 Å². The van der Waals surface area contributed by atoms with Crippen LogP contribution < -0.4 is 5.32 Å². The molecule has 1 atom stereocenters. The molecular formula is C14H27N3O2. The van der Waals surface area contributed by atoms with Crippen LogP contribution in [-0.4, -0.2) is 60.9 Å². The molecule has 0 saturated carbocycles. The number of likely N-dealkylation sites (tertiary alicyclic amines) is 1. The SMILES string of the molecule is CCN(C)C(=O)C(C)NCC(=O)N1CCCCCC1. The monoisotopic (exact) mass is 269 g/mol. The summed E-state index contributed by atoms with van der Waals surface area (Å²) in [5.74, 6) is 0.145. The van der Waals surface area contributed by atoms with Crippen molar-refractivity contribution < 1.29 is 9.59 Å². The molecule has 0 aromatic rings. The molecule has 110 valence electrons. The summed E-state index contributed by atoms with van der Waals surface area (Å²) in [7, 11) is 1.77. The van der Waals surface area contributed by atoms with E-state index < -0.39 is 0 Å². The zero-order valence-electron chi connectivity index (χ0n) is 12.4. The van der Waals surface area contributed by atoms with Gasteiger partial charge in [0.05, 0.1) is 12.6 Å². The van der Waals surface area contributed by atoms with E-state index in [1.54, 1.807) is 11.9 Å². The number of nitrogens with one attached hydrogen (secondary N) is 1. The number of rotatable bonds is 5. The third kappa shape index (κ3) is 5.19. The molecule has 1 fully saturated rings.